The Morgan fingerprint density at radius 2 is 2.04 bits per heavy atom. The van der Waals surface area contributed by atoms with Gasteiger partial charge in [0, 0.05) is 28.7 Å². The molecule has 7 heteroatoms. The molecule has 0 bridgehead atoms. The first-order chi connectivity index (χ1) is 12.2. The van der Waals surface area contributed by atoms with Crippen LogP contribution in [-0.4, -0.2) is 22.0 Å². The summed E-state index contributed by atoms with van der Waals surface area (Å²) in [5.41, 5.74) is 1.67. The summed E-state index contributed by atoms with van der Waals surface area (Å²) in [5, 5.41) is 14.0. The number of rotatable bonds is 7. The lowest BCUT2D eigenvalue weighted by atomic mass is 10.1. The van der Waals surface area contributed by atoms with Crippen LogP contribution < -0.4 is 10.6 Å². The van der Waals surface area contributed by atoms with Crippen molar-refractivity contribution in [3.63, 3.8) is 0 Å². The van der Waals surface area contributed by atoms with E-state index in [1.165, 1.54) is 11.1 Å². The standard InChI is InChI=1S/C18H18N4O2S/c23-17(8-2-6-16-7-3-9-25-16)21-14-5-1-4-13(10-14)18(24)22-15-11-19-20-12-15/h1,3-5,7,9-12H,2,6,8H2,(H,19,20)(H,21,23)(H,22,24). The topological polar surface area (TPSA) is 86.9 Å². The molecule has 0 aliphatic rings. The Bertz CT molecular complexity index is 829. The first-order valence-corrected chi connectivity index (χ1v) is 8.81. The Kier molecular flexibility index (Phi) is 5.58. The van der Waals surface area contributed by atoms with Crippen molar-refractivity contribution in [1.29, 1.82) is 0 Å². The van der Waals surface area contributed by atoms with Crippen LogP contribution in [-0.2, 0) is 11.2 Å². The van der Waals surface area contributed by atoms with Gasteiger partial charge in [-0.15, -0.1) is 11.3 Å². The lowest BCUT2D eigenvalue weighted by Gasteiger charge is -2.07. The maximum absolute atomic E-state index is 12.2. The summed E-state index contributed by atoms with van der Waals surface area (Å²) in [4.78, 5) is 25.5. The fraction of sp³-hybridized carbons (Fsp3) is 0.167. The van der Waals surface area contributed by atoms with Crippen LogP contribution in [0.15, 0.2) is 54.2 Å². The van der Waals surface area contributed by atoms with Crippen molar-refractivity contribution in [3.8, 4) is 0 Å². The molecule has 0 radical (unpaired) electrons. The van der Waals surface area contributed by atoms with E-state index in [1.54, 1.807) is 41.8 Å². The minimum atomic E-state index is -0.254. The van der Waals surface area contributed by atoms with Gasteiger partial charge in [-0.05, 0) is 42.5 Å². The molecule has 2 aromatic heterocycles. The zero-order valence-corrected chi connectivity index (χ0v) is 14.3. The second kappa shape index (κ2) is 8.25. The molecule has 0 aliphatic heterocycles. The van der Waals surface area contributed by atoms with E-state index in [-0.39, 0.29) is 11.8 Å². The molecule has 0 saturated carbocycles. The molecule has 6 nitrogen and oxygen atoms in total. The number of benzene rings is 1. The average molecular weight is 354 g/mol. The molecule has 3 rings (SSSR count). The highest BCUT2D eigenvalue weighted by Gasteiger charge is 2.09. The lowest BCUT2D eigenvalue weighted by Crippen LogP contribution is -2.14. The van der Waals surface area contributed by atoms with Crippen molar-refractivity contribution in [3.05, 3.63) is 64.6 Å². The van der Waals surface area contributed by atoms with Crippen LogP contribution in [0.1, 0.15) is 28.1 Å². The normalized spacial score (nSPS) is 10.4. The van der Waals surface area contributed by atoms with Crippen molar-refractivity contribution in [1.82, 2.24) is 10.2 Å². The third-order valence-corrected chi connectivity index (χ3v) is 4.51. The summed E-state index contributed by atoms with van der Waals surface area (Å²) < 4.78 is 0. The Hall–Kier alpha value is -2.93. The van der Waals surface area contributed by atoms with E-state index in [2.05, 4.69) is 26.9 Å². The van der Waals surface area contributed by atoms with E-state index in [1.807, 2.05) is 11.4 Å². The molecule has 1 aromatic carbocycles. The Labute approximate surface area is 149 Å². The predicted octanol–water partition coefficient (Wildman–Crippen LogP) is 3.68. The number of nitrogens with one attached hydrogen (secondary N) is 3. The number of carbonyl (C=O) groups excluding carboxylic acids is 2. The molecule has 0 atom stereocenters. The molecular formula is C18H18N4O2S. The smallest absolute Gasteiger partial charge is 0.255 e. The fourth-order valence-corrected chi connectivity index (χ4v) is 3.11. The van der Waals surface area contributed by atoms with Crippen molar-refractivity contribution >= 4 is 34.5 Å². The molecule has 0 saturated heterocycles. The highest BCUT2D eigenvalue weighted by molar-refractivity contribution is 7.09. The second-order valence-electron chi connectivity index (χ2n) is 5.50. The predicted molar refractivity (Wildman–Crippen MR) is 98.9 cm³/mol. The third kappa shape index (κ3) is 5.02. The molecule has 3 N–H and O–H groups in total. The molecule has 0 fully saturated rings. The van der Waals surface area contributed by atoms with Crippen LogP contribution in [0.4, 0.5) is 11.4 Å². The summed E-state index contributed by atoms with van der Waals surface area (Å²) in [6.45, 7) is 0. The van der Waals surface area contributed by atoms with Gasteiger partial charge in [-0.1, -0.05) is 12.1 Å². The number of aromatic nitrogens is 2. The summed E-state index contributed by atoms with van der Waals surface area (Å²) in [6.07, 6.45) is 5.27. The number of carbonyl (C=O) groups is 2. The molecule has 128 valence electrons. The zero-order chi connectivity index (χ0) is 17.5. The van der Waals surface area contributed by atoms with E-state index in [0.29, 0.717) is 23.4 Å². The molecule has 2 amide bonds. The molecule has 0 unspecified atom stereocenters. The van der Waals surface area contributed by atoms with Gasteiger partial charge in [-0.2, -0.15) is 5.10 Å². The van der Waals surface area contributed by atoms with Gasteiger partial charge in [0.2, 0.25) is 5.91 Å². The molecule has 3 aromatic rings. The summed E-state index contributed by atoms with van der Waals surface area (Å²) in [6, 6.07) is 11.0. The quantitative estimate of drug-likeness (QED) is 0.605. The van der Waals surface area contributed by atoms with Crippen molar-refractivity contribution < 1.29 is 9.59 Å². The van der Waals surface area contributed by atoms with E-state index in [9.17, 15) is 9.59 Å². The lowest BCUT2D eigenvalue weighted by molar-refractivity contribution is -0.116. The Morgan fingerprint density at radius 1 is 1.12 bits per heavy atom. The van der Waals surface area contributed by atoms with E-state index < -0.39 is 0 Å². The van der Waals surface area contributed by atoms with Gasteiger partial charge in [-0.25, -0.2) is 0 Å². The van der Waals surface area contributed by atoms with Gasteiger partial charge < -0.3 is 10.6 Å². The summed E-state index contributed by atoms with van der Waals surface area (Å²) in [7, 11) is 0. The maximum atomic E-state index is 12.2. The van der Waals surface area contributed by atoms with Crippen LogP contribution in [0, 0.1) is 0 Å². The van der Waals surface area contributed by atoms with Crippen molar-refractivity contribution in [2.75, 3.05) is 10.6 Å². The van der Waals surface area contributed by atoms with E-state index in [0.717, 1.165) is 12.8 Å². The SMILES string of the molecule is O=C(CCCc1cccs1)Nc1cccc(C(=O)Nc2cn[nH]c2)c1. The van der Waals surface area contributed by atoms with Gasteiger partial charge in [0.1, 0.15) is 0 Å². The minimum Gasteiger partial charge on any atom is -0.326 e. The number of anilines is 2. The largest absolute Gasteiger partial charge is 0.326 e. The number of amides is 2. The average Bonchev–Trinajstić information content (AvgIpc) is 3.29. The monoisotopic (exact) mass is 354 g/mol. The number of hydrogen-bond donors (Lipinski definition) is 3. The number of nitrogens with zero attached hydrogens (tertiary/aromatic N) is 1. The van der Waals surface area contributed by atoms with Crippen LogP contribution >= 0.6 is 11.3 Å². The first-order valence-electron chi connectivity index (χ1n) is 7.93. The van der Waals surface area contributed by atoms with Crippen LogP contribution in [0.5, 0.6) is 0 Å². The third-order valence-electron chi connectivity index (χ3n) is 3.57. The molecule has 2 heterocycles. The Balaban J connectivity index is 1.52. The second-order valence-corrected chi connectivity index (χ2v) is 6.54. The minimum absolute atomic E-state index is 0.0519. The van der Waals surface area contributed by atoms with Crippen LogP contribution in [0.3, 0.4) is 0 Å². The molecule has 0 spiro atoms. The van der Waals surface area contributed by atoms with Crippen LogP contribution in [0.2, 0.25) is 0 Å². The molecule has 25 heavy (non-hydrogen) atoms. The van der Waals surface area contributed by atoms with Crippen molar-refractivity contribution in [2.45, 2.75) is 19.3 Å². The summed E-state index contributed by atoms with van der Waals surface area (Å²) >= 11 is 1.70. The molecule has 0 aliphatic carbocycles. The van der Waals surface area contributed by atoms with Gasteiger partial charge in [0.05, 0.1) is 11.9 Å². The molecular weight excluding hydrogens is 336 g/mol. The zero-order valence-electron chi connectivity index (χ0n) is 13.5. The Morgan fingerprint density at radius 3 is 2.80 bits per heavy atom. The summed E-state index contributed by atoms with van der Waals surface area (Å²) in [5.74, 6) is -0.306. The van der Waals surface area contributed by atoms with Gasteiger partial charge in [-0.3, -0.25) is 14.7 Å². The maximum Gasteiger partial charge on any atom is 0.255 e. The highest BCUT2D eigenvalue weighted by atomic mass is 32.1. The highest BCUT2D eigenvalue weighted by Crippen LogP contribution is 2.15. The van der Waals surface area contributed by atoms with Gasteiger partial charge in [0.15, 0.2) is 0 Å². The van der Waals surface area contributed by atoms with Crippen molar-refractivity contribution in [2.24, 2.45) is 0 Å². The van der Waals surface area contributed by atoms with E-state index in [4.69, 9.17) is 0 Å². The first kappa shape index (κ1) is 16.9. The number of aryl methyl sites for hydroxylation is 1. The fourth-order valence-electron chi connectivity index (χ4n) is 2.36. The number of aromatic amines is 1. The number of hydrogen-bond acceptors (Lipinski definition) is 4. The number of H-pyrrole nitrogens is 1. The number of thiophene rings is 1. The van der Waals surface area contributed by atoms with E-state index >= 15 is 0 Å². The van der Waals surface area contributed by atoms with Gasteiger partial charge >= 0.3 is 0 Å². The van der Waals surface area contributed by atoms with Gasteiger partial charge in [0.25, 0.3) is 5.91 Å². The van der Waals surface area contributed by atoms with Crippen LogP contribution in [0.25, 0.3) is 0 Å².